The van der Waals surface area contributed by atoms with Crippen molar-refractivity contribution in [3.8, 4) is 0 Å². The van der Waals surface area contributed by atoms with Gasteiger partial charge in [-0.1, -0.05) is 30.3 Å². The monoisotopic (exact) mass is 347 g/mol. The molecule has 1 amide bonds. The van der Waals surface area contributed by atoms with Crippen LogP contribution in [0.2, 0.25) is 0 Å². The van der Waals surface area contributed by atoms with Gasteiger partial charge in [-0.2, -0.15) is 0 Å². The quantitative estimate of drug-likeness (QED) is 0.747. The van der Waals surface area contributed by atoms with Gasteiger partial charge in [0.25, 0.3) is 0 Å². The lowest BCUT2D eigenvalue weighted by molar-refractivity contribution is -0.138. The van der Waals surface area contributed by atoms with Gasteiger partial charge in [0.1, 0.15) is 0 Å². The van der Waals surface area contributed by atoms with E-state index in [0.29, 0.717) is 13.0 Å². The number of hydrogen-bond donors (Lipinski definition) is 2. The summed E-state index contributed by atoms with van der Waals surface area (Å²) in [6.45, 7) is 8.69. The van der Waals surface area contributed by atoms with Crippen molar-refractivity contribution in [2.75, 3.05) is 32.7 Å². The Balaban J connectivity index is 1.70. The summed E-state index contributed by atoms with van der Waals surface area (Å²) in [5, 5.41) is 11.7. The first-order valence-electron chi connectivity index (χ1n) is 8.85. The molecule has 2 N–H and O–H groups in total. The number of piperazine rings is 1. The van der Waals surface area contributed by atoms with E-state index in [4.69, 9.17) is 5.11 Å². The molecule has 0 unspecified atom stereocenters. The standard InChI is InChI=1S/C19H29N3O3/c1-19(2,9-8-18(24)25)20-17(23)15-22-12-10-21(11-13-22)14-16-6-4-3-5-7-16/h3-7H,8-15H2,1-2H3,(H,20,23)(H,24,25). The fourth-order valence-electron chi connectivity index (χ4n) is 3.05. The second kappa shape index (κ2) is 8.97. The summed E-state index contributed by atoms with van der Waals surface area (Å²) in [4.78, 5) is 27.5. The number of nitrogens with one attached hydrogen (secondary N) is 1. The summed E-state index contributed by atoms with van der Waals surface area (Å²) in [5.41, 5.74) is 0.818. The third kappa shape index (κ3) is 7.23. The van der Waals surface area contributed by atoms with Gasteiger partial charge in [0.15, 0.2) is 0 Å². The molecule has 6 nitrogen and oxygen atoms in total. The van der Waals surface area contributed by atoms with Crippen LogP contribution in [0.25, 0.3) is 0 Å². The largest absolute Gasteiger partial charge is 0.481 e. The second-order valence-corrected chi connectivity index (χ2v) is 7.36. The van der Waals surface area contributed by atoms with E-state index in [1.54, 1.807) is 0 Å². The lowest BCUT2D eigenvalue weighted by Crippen LogP contribution is -2.52. The van der Waals surface area contributed by atoms with E-state index >= 15 is 0 Å². The molecule has 2 rings (SSSR count). The molecule has 0 aliphatic carbocycles. The molecular formula is C19H29N3O3. The van der Waals surface area contributed by atoms with E-state index in [-0.39, 0.29) is 12.3 Å². The minimum atomic E-state index is -0.836. The van der Waals surface area contributed by atoms with Crippen LogP contribution in [0.15, 0.2) is 30.3 Å². The highest BCUT2D eigenvalue weighted by atomic mass is 16.4. The molecule has 0 radical (unpaired) electrons. The van der Waals surface area contributed by atoms with Gasteiger partial charge >= 0.3 is 5.97 Å². The highest BCUT2D eigenvalue weighted by Gasteiger charge is 2.24. The highest BCUT2D eigenvalue weighted by molar-refractivity contribution is 5.79. The number of carboxylic acids is 1. The van der Waals surface area contributed by atoms with Gasteiger partial charge in [0.2, 0.25) is 5.91 Å². The van der Waals surface area contributed by atoms with E-state index in [0.717, 1.165) is 32.7 Å². The Morgan fingerprint density at radius 2 is 1.68 bits per heavy atom. The van der Waals surface area contributed by atoms with Crippen molar-refractivity contribution >= 4 is 11.9 Å². The summed E-state index contributed by atoms with van der Waals surface area (Å²) >= 11 is 0. The van der Waals surface area contributed by atoms with Crippen LogP contribution in [0.4, 0.5) is 0 Å². The van der Waals surface area contributed by atoms with Crippen LogP contribution in [0.1, 0.15) is 32.3 Å². The zero-order valence-corrected chi connectivity index (χ0v) is 15.2. The van der Waals surface area contributed by atoms with Crippen molar-refractivity contribution in [1.82, 2.24) is 15.1 Å². The fraction of sp³-hybridized carbons (Fsp3) is 0.579. The predicted molar refractivity (Wildman–Crippen MR) is 97.3 cm³/mol. The molecule has 1 aromatic rings. The number of carboxylic acid groups (broad SMARTS) is 1. The van der Waals surface area contributed by atoms with Gasteiger partial charge in [0.05, 0.1) is 6.54 Å². The molecule has 1 aromatic carbocycles. The molecule has 0 aromatic heterocycles. The topological polar surface area (TPSA) is 72.9 Å². The molecule has 0 atom stereocenters. The van der Waals surface area contributed by atoms with Crippen LogP contribution in [-0.2, 0) is 16.1 Å². The molecule has 0 saturated carbocycles. The van der Waals surface area contributed by atoms with E-state index < -0.39 is 11.5 Å². The number of carbonyl (C=O) groups is 2. The van der Waals surface area contributed by atoms with Crippen LogP contribution in [0.3, 0.4) is 0 Å². The Labute approximate surface area is 149 Å². The van der Waals surface area contributed by atoms with Gasteiger partial charge in [-0.05, 0) is 25.8 Å². The number of amides is 1. The van der Waals surface area contributed by atoms with Crippen molar-refractivity contribution in [3.05, 3.63) is 35.9 Å². The molecule has 0 spiro atoms. The third-order valence-corrected chi connectivity index (χ3v) is 4.52. The number of aliphatic carboxylic acids is 1. The summed E-state index contributed by atoms with van der Waals surface area (Å²) in [6, 6.07) is 10.4. The second-order valence-electron chi connectivity index (χ2n) is 7.36. The first-order chi connectivity index (χ1) is 11.8. The molecule has 138 valence electrons. The van der Waals surface area contributed by atoms with Crippen LogP contribution in [0, 0.1) is 0 Å². The van der Waals surface area contributed by atoms with Gasteiger partial charge < -0.3 is 10.4 Å². The van der Waals surface area contributed by atoms with E-state index in [1.165, 1.54) is 5.56 Å². The van der Waals surface area contributed by atoms with Crippen molar-refractivity contribution in [3.63, 3.8) is 0 Å². The SMILES string of the molecule is CC(C)(CCC(=O)O)NC(=O)CN1CCN(Cc2ccccc2)CC1. The first-order valence-corrected chi connectivity index (χ1v) is 8.85. The van der Waals surface area contributed by atoms with E-state index in [2.05, 4.69) is 39.4 Å². The molecule has 1 fully saturated rings. The lowest BCUT2D eigenvalue weighted by Gasteiger charge is -2.35. The Morgan fingerprint density at radius 1 is 1.08 bits per heavy atom. The van der Waals surface area contributed by atoms with Gasteiger partial charge in [-0.15, -0.1) is 0 Å². The van der Waals surface area contributed by atoms with Crippen molar-refractivity contribution in [2.45, 2.75) is 38.8 Å². The average molecular weight is 347 g/mol. The maximum absolute atomic E-state index is 12.2. The highest BCUT2D eigenvalue weighted by Crippen LogP contribution is 2.12. The lowest BCUT2D eigenvalue weighted by atomic mass is 9.98. The minimum absolute atomic E-state index is 0.0353. The molecular weight excluding hydrogens is 318 g/mol. The smallest absolute Gasteiger partial charge is 0.303 e. The first kappa shape index (κ1) is 19.4. The van der Waals surface area contributed by atoms with Crippen LogP contribution in [0.5, 0.6) is 0 Å². The van der Waals surface area contributed by atoms with Gasteiger partial charge in [-0.3, -0.25) is 19.4 Å². The number of carbonyl (C=O) groups excluding carboxylic acids is 1. The summed E-state index contributed by atoms with van der Waals surface area (Å²) in [6.07, 6.45) is 0.490. The van der Waals surface area contributed by atoms with E-state index in [1.807, 2.05) is 19.9 Å². The summed E-state index contributed by atoms with van der Waals surface area (Å²) in [7, 11) is 0. The fourth-order valence-corrected chi connectivity index (χ4v) is 3.05. The number of benzene rings is 1. The molecule has 25 heavy (non-hydrogen) atoms. The summed E-state index contributed by atoms with van der Waals surface area (Å²) in [5.74, 6) is -0.872. The van der Waals surface area contributed by atoms with Gasteiger partial charge in [0, 0.05) is 44.7 Å². The van der Waals surface area contributed by atoms with Crippen LogP contribution in [-0.4, -0.2) is 65.0 Å². The Kier molecular flexibility index (Phi) is 6.96. The molecule has 1 aliphatic rings. The molecule has 1 aliphatic heterocycles. The third-order valence-electron chi connectivity index (χ3n) is 4.52. The maximum Gasteiger partial charge on any atom is 0.303 e. The molecule has 0 bridgehead atoms. The van der Waals surface area contributed by atoms with Crippen molar-refractivity contribution in [2.24, 2.45) is 0 Å². The number of hydrogen-bond acceptors (Lipinski definition) is 4. The normalized spacial score (nSPS) is 16.6. The maximum atomic E-state index is 12.2. The Morgan fingerprint density at radius 3 is 2.28 bits per heavy atom. The van der Waals surface area contributed by atoms with Crippen LogP contribution < -0.4 is 5.32 Å². The molecule has 6 heteroatoms. The minimum Gasteiger partial charge on any atom is -0.481 e. The van der Waals surface area contributed by atoms with Crippen LogP contribution >= 0.6 is 0 Å². The Hall–Kier alpha value is -1.92. The van der Waals surface area contributed by atoms with Crippen molar-refractivity contribution < 1.29 is 14.7 Å². The Bertz CT molecular complexity index is 567. The van der Waals surface area contributed by atoms with Gasteiger partial charge in [-0.25, -0.2) is 0 Å². The number of rotatable bonds is 8. The molecule has 1 saturated heterocycles. The zero-order chi connectivity index (χ0) is 18.3. The molecule has 1 heterocycles. The van der Waals surface area contributed by atoms with E-state index in [9.17, 15) is 9.59 Å². The van der Waals surface area contributed by atoms with Crippen molar-refractivity contribution in [1.29, 1.82) is 0 Å². The predicted octanol–water partition coefficient (Wildman–Crippen LogP) is 1.56. The average Bonchev–Trinajstić information content (AvgIpc) is 2.55. The summed E-state index contributed by atoms with van der Waals surface area (Å²) < 4.78 is 0. The zero-order valence-electron chi connectivity index (χ0n) is 15.2. The number of nitrogens with zero attached hydrogens (tertiary/aromatic N) is 2.